The van der Waals surface area contributed by atoms with Gasteiger partial charge in [-0.2, -0.15) is 0 Å². The van der Waals surface area contributed by atoms with E-state index in [1.807, 2.05) is 42.5 Å². The lowest BCUT2D eigenvalue weighted by molar-refractivity contribution is -0.149. The second kappa shape index (κ2) is 9.73. The number of amides is 2. The Kier molecular flexibility index (Phi) is 6.84. The van der Waals surface area contributed by atoms with Gasteiger partial charge < -0.3 is 9.84 Å². The van der Waals surface area contributed by atoms with Gasteiger partial charge in [-0.25, -0.2) is 0 Å². The minimum atomic E-state index is -0.974. The molecule has 0 saturated heterocycles. The van der Waals surface area contributed by atoms with Gasteiger partial charge in [0, 0.05) is 0 Å². The Bertz CT molecular complexity index is 851. The van der Waals surface area contributed by atoms with Gasteiger partial charge in [-0.15, -0.1) is 0 Å². The van der Waals surface area contributed by atoms with Gasteiger partial charge in [0.15, 0.2) is 6.61 Å². The van der Waals surface area contributed by atoms with Gasteiger partial charge in [0.1, 0.15) is 5.75 Å². The molecule has 7 nitrogen and oxygen atoms in total. The van der Waals surface area contributed by atoms with E-state index in [2.05, 4.69) is 10.9 Å². The van der Waals surface area contributed by atoms with Crippen LogP contribution in [0.5, 0.6) is 5.75 Å². The number of hydrazine groups is 1. The Morgan fingerprint density at radius 1 is 0.862 bits per heavy atom. The molecule has 0 aromatic heterocycles. The predicted octanol–water partition coefficient (Wildman–Crippen LogP) is 2.77. The van der Waals surface area contributed by atoms with Crippen LogP contribution >= 0.6 is 0 Å². The molecule has 0 spiro atoms. The zero-order valence-electron chi connectivity index (χ0n) is 16.0. The quantitative estimate of drug-likeness (QED) is 0.651. The number of rotatable bonds is 6. The molecular formula is C22H24N2O5. The molecule has 2 unspecified atom stereocenters. The van der Waals surface area contributed by atoms with E-state index in [9.17, 15) is 19.5 Å². The smallest absolute Gasteiger partial charge is 0.307 e. The molecule has 29 heavy (non-hydrogen) atoms. The van der Waals surface area contributed by atoms with Crippen LogP contribution in [-0.4, -0.2) is 29.5 Å². The van der Waals surface area contributed by atoms with Crippen LogP contribution in [0.2, 0.25) is 0 Å². The zero-order chi connectivity index (χ0) is 20.6. The number of nitrogens with one attached hydrogen (secondary N) is 2. The molecular weight excluding hydrogens is 372 g/mol. The molecule has 1 fully saturated rings. The molecule has 3 N–H and O–H groups in total. The van der Waals surface area contributed by atoms with Crippen molar-refractivity contribution in [2.45, 2.75) is 25.7 Å². The predicted molar refractivity (Wildman–Crippen MR) is 107 cm³/mol. The van der Waals surface area contributed by atoms with Crippen LogP contribution in [0.4, 0.5) is 0 Å². The molecule has 0 bridgehead atoms. The molecule has 2 atom stereocenters. The van der Waals surface area contributed by atoms with Crippen LogP contribution in [0.1, 0.15) is 25.7 Å². The SMILES string of the molecule is O=C(COc1ccc(-c2ccccc2)cc1)NNC(=O)C1CCCCC1C(=O)O. The number of ether oxygens (including phenoxy) is 1. The van der Waals surface area contributed by atoms with E-state index < -0.39 is 29.6 Å². The fourth-order valence-electron chi connectivity index (χ4n) is 3.52. The van der Waals surface area contributed by atoms with Crippen LogP contribution in [0.15, 0.2) is 54.6 Å². The summed E-state index contributed by atoms with van der Waals surface area (Å²) in [6, 6.07) is 17.2. The molecule has 152 valence electrons. The molecule has 2 aromatic carbocycles. The van der Waals surface area contributed by atoms with Gasteiger partial charge in [-0.05, 0) is 36.1 Å². The van der Waals surface area contributed by atoms with E-state index in [-0.39, 0.29) is 6.61 Å². The number of benzene rings is 2. The second-order valence-corrected chi connectivity index (χ2v) is 7.05. The van der Waals surface area contributed by atoms with Crippen LogP contribution in [0.3, 0.4) is 0 Å². The summed E-state index contributed by atoms with van der Waals surface area (Å²) in [7, 11) is 0. The maximum Gasteiger partial charge on any atom is 0.307 e. The Morgan fingerprint density at radius 2 is 1.48 bits per heavy atom. The summed E-state index contributed by atoms with van der Waals surface area (Å²) in [5.74, 6) is -2.78. The Labute approximate surface area is 169 Å². The van der Waals surface area contributed by atoms with Gasteiger partial charge in [0.25, 0.3) is 5.91 Å². The lowest BCUT2D eigenvalue weighted by Gasteiger charge is -2.27. The van der Waals surface area contributed by atoms with Crippen LogP contribution in [0, 0.1) is 11.8 Å². The molecule has 0 aliphatic heterocycles. The zero-order valence-corrected chi connectivity index (χ0v) is 16.0. The Balaban J connectivity index is 1.45. The van der Waals surface area contributed by atoms with Crippen molar-refractivity contribution in [3.05, 3.63) is 54.6 Å². The van der Waals surface area contributed by atoms with Gasteiger partial charge in [-0.3, -0.25) is 25.2 Å². The van der Waals surface area contributed by atoms with Crippen molar-refractivity contribution in [1.82, 2.24) is 10.9 Å². The Hall–Kier alpha value is -3.35. The third-order valence-electron chi connectivity index (χ3n) is 5.08. The molecule has 0 heterocycles. The minimum absolute atomic E-state index is 0.266. The lowest BCUT2D eigenvalue weighted by Crippen LogP contribution is -2.49. The first-order valence-corrected chi connectivity index (χ1v) is 9.64. The summed E-state index contributed by atoms with van der Waals surface area (Å²) in [4.78, 5) is 35.5. The van der Waals surface area contributed by atoms with Gasteiger partial charge >= 0.3 is 5.97 Å². The van der Waals surface area contributed by atoms with E-state index in [0.717, 1.165) is 24.0 Å². The first-order chi connectivity index (χ1) is 14.0. The van der Waals surface area contributed by atoms with Crippen molar-refractivity contribution in [3.8, 4) is 16.9 Å². The summed E-state index contributed by atoms with van der Waals surface area (Å²) >= 11 is 0. The maximum absolute atomic E-state index is 12.2. The number of carboxylic acids is 1. The molecule has 3 rings (SSSR count). The number of aliphatic carboxylic acids is 1. The van der Waals surface area contributed by atoms with Crippen LogP contribution in [0.25, 0.3) is 11.1 Å². The monoisotopic (exact) mass is 396 g/mol. The summed E-state index contributed by atoms with van der Waals surface area (Å²) in [5.41, 5.74) is 6.73. The topological polar surface area (TPSA) is 105 Å². The molecule has 2 amide bonds. The third kappa shape index (κ3) is 5.57. The van der Waals surface area contributed by atoms with Crippen LogP contribution < -0.4 is 15.6 Å². The largest absolute Gasteiger partial charge is 0.484 e. The summed E-state index contributed by atoms with van der Waals surface area (Å²) in [6.45, 7) is -0.266. The number of carbonyl (C=O) groups excluding carboxylic acids is 2. The molecule has 7 heteroatoms. The standard InChI is InChI=1S/C22H24N2O5/c25-20(23-24-21(26)18-8-4-5-9-19(18)22(27)28)14-29-17-12-10-16(11-13-17)15-6-2-1-3-7-15/h1-3,6-7,10-13,18-19H,4-5,8-9,14H2,(H,23,25)(H,24,26)(H,27,28). The Morgan fingerprint density at radius 3 is 2.14 bits per heavy atom. The highest BCUT2D eigenvalue weighted by Crippen LogP contribution is 2.30. The van der Waals surface area contributed by atoms with E-state index >= 15 is 0 Å². The number of carbonyl (C=O) groups is 3. The van der Waals surface area contributed by atoms with Crippen molar-refractivity contribution >= 4 is 17.8 Å². The highest BCUT2D eigenvalue weighted by atomic mass is 16.5. The molecule has 1 aliphatic rings. The van der Waals surface area contributed by atoms with E-state index in [1.165, 1.54) is 0 Å². The van der Waals surface area contributed by atoms with Crippen molar-refractivity contribution in [1.29, 1.82) is 0 Å². The van der Waals surface area contributed by atoms with Gasteiger partial charge in [-0.1, -0.05) is 55.3 Å². The van der Waals surface area contributed by atoms with Crippen molar-refractivity contribution in [3.63, 3.8) is 0 Å². The van der Waals surface area contributed by atoms with E-state index in [1.54, 1.807) is 12.1 Å². The normalized spacial score (nSPS) is 18.5. The average molecular weight is 396 g/mol. The highest BCUT2D eigenvalue weighted by molar-refractivity contribution is 5.87. The molecule has 2 aromatic rings. The molecule has 1 aliphatic carbocycles. The number of carboxylic acid groups (broad SMARTS) is 1. The second-order valence-electron chi connectivity index (χ2n) is 7.05. The van der Waals surface area contributed by atoms with E-state index in [4.69, 9.17) is 4.74 Å². The first-order valence-electron chi connectivity index (χ1n) is 9.64. The summed E-state index contributed by atoms with van der Waals surface area (Å²) in [6.07, 6.45) is 2.58. The van der Waals surface area contributed by atoms with Gasteiger partial charge in [0.2, 0.25) is 5.91 Å². The summed E-state index contributed by atoms with van der Waals surface area (Å²) in [5, 5.41) is 9.25. The van der Waals surface area contributed by atoms with Crippen LogP contribution in [-0.2, 0) is 14.4 Å². The highest BCUT2D eigenvalue weighted by Gasteiger charge is 2.35. The number of hydrogen-bond donors (Lipinski definition) is 3. The van der Waals surface area contributed by atoms with Crippen molar-refractivity contribution < 1.29 is 24.2 Å². The van der Waals surface area contributed by atoms with Crippen molar-refractivity contribution in [2.75, 3.05) is 6.61 Å². The maximum atomic E-state index is 12.2. The van der Waals surface area contributed by atoms with Crippen molar-refractivity contribution in [2.24, 2.45) is 11.8 Å². The minimum Gasteiger partial charge on any atom is -0.484 e. The fourth-order valence-corrected chi connectivity index (χ4v) is 3.52. The number of hydrogen-bond acceptors (Lipinski definition) is 4. The molecule has 0 radical (unpaired) electrons. The molecule has 1 saturated carbocycles. The van der Waals surface area contributed by atoms with Gasteiger partial charge in [0.05, 0.1) is 11.8 Å². The average Bonchev–Trinajstić information content (AvgIpc) is 2.77. The third-order valence-corrected chi connectivity index (χ3v) is 5.08. The summed E-state index contributed by atoms with van der Waals surface area (Å²) < 4.78 is 5.44. The lowest BCUT2D eigenvalue weighted by atomic mass is 9.79. The fraction of sp³-hybridized carbons (Fsp3) is 0.318. The van der Waals surface area contributed by atoms with E-state index in [0.29, 0.717) is 18.6 Å². The first kappa shape index (κ1) is 20.4.